The van der Waals surface area contributed by atoms with Gasteiger partial charge in [0, 0.05) is 6.07 Å². The van der Waals surface area contributed by atoms with Gasteiger partial charge in [-0.2, -0.15) is 0 Å². The second-order valence-corrected chi connectivity index (χ2v) is 6.15. The number of benzene rings is 1. The molecule has 0 saturated carbocycles. The Morgan fingerprint density at radius 2 is 2.21 bits per heavy atom. The van der Waals surface area contributed by atoms with E-state index in [4.69, 9.17) is 4.74 Å². The highest BCUT2D eigenvalue weighted by molar-refractivity contribution is 7.17. The number of thiophene rings is 1. The molecule has 124 valence electrons. The van der Waals surface area contributed by atoms with Gasteiger partial charge < -0.3 is 4.74 Å². The summed E-state index contributed by atoms with van der Waals surface area (Å²) in [5.74, 6) is 0.203. The van der Waals surface area contributed by atoms with Gasteiger partial charge in [0.15, 0.2) is 5.75 Å². The van der Waals surface area contributed by atoms with Gasteiger partial charge in [0.2, 0.25) is 0 Å². The van der Waals surface area contributed by atoms with Crippen molar-refractivity contribution in [2.45, 2.75) is 20.4 Å². The van der Waals surface area contributed by atoms with E-state index in [9.17, 15) is 14.9 Å². The molecule has 0 amide bonds. The van der Waals surface area contributed by atoms with E-state index in [0.29, 0.717) is 11.3 Å². The van der Waals surface area contributed by atoms with Crippen LogP contribution < -0.4 is 10.3 Å². The third kappa shape index (κ3) is 2.88. The number of nitro groups is 1. The Kier molecular flexibility index (Phi) is 4.30. The predicted octanol–water partition coefficient (Wildman–Crippen LogP) is 3.12. The van der Waals surface area contributed by atoms with Crippen molar-refractivity contribution < 1.29 is 9.66 Å². The maximum atomic E-state index is 12.5. The molecule has 0 unspecified atom stereocenters. The summed E-state index contributed by atoms with van der Waals surface area (Å²) < 4.78 is 7.45. The molecule has 7 nitrogen and oxygen atoms in total. The van der Waals surface area contributed by atoms with Gasteiger partial charge in [0.1, 0.15) is 4.70 Å². The Hall–Kier alpha value is -2.74. The van der Waals surface area contributed by atoms with Crippen LogP contribution >= 0.6 is 11.3 Å². The first-order valence-electron chi connectivity index (χ1n) is 7.34. The molecule has 8 heteroatoms. The molecule has 0 aliphatic rings. The molecule has 0 aliphatic heterocycles. The fourth-order valence-corrected chi connectivity index (χ4v) is 3.40. The highest BCUT2D eigenvalue weighted by atomic mass is 32.1. The normalized spacial score (nSPS) is 10.9. The zero-order chi connectivity index (χ0) is 17.3. The fraction of sp³-hybridized carbons (Fsp3) is 0.250. The number of ether oxygens (including phenoxy) is 1. The molecule has 0 spiro atoms. The number of fused-ring (bicyclic) bond motifs is 1. The van der Waals surface area contributed by atoms with Crippen molar-refractivity contribution >= 4 is 27.2 Å². The van der Waals surface area contributed by atoms with Gasteiger partial charge in [0.05, 0.1) is 29.9 Å². The van der Waals surface area contributed by atoms with Crippen molar-refractivity contribution in [1.29, 1.82) is 0 Å². The third-order valence-electron chi connectivity index (χ3n) is 3.60. The summed E-state index contributed by atoms with van der Waals surface area (Å²) >= 11 is 1.37. The number of rotatable bonds is 5. The molecule has 3 rings (SSSR count). The zero-order valence-corrected chi connectivity index (χ0v) is 14.0. The van der Waals surface area contributed by atoms with E-state index < -0.39 is 4.92 Å². The largest absolute Gasteiger partial charge is 0.487 e. The van der Waals surface area contributed by atoms with E-state index in [-0.39, 0.29) is 23.5 Å². The summed E-state index contributed by atoms with van der Waals surface area (Å²) in [5.41, 5.74) is 2.23. The van der Waals surface area contributed by atoms with Gasteiger partial charge in [0.25, 0.3) is 5.56 Å². The van der Waals surface area contributed by atoms with Crippen LogP contribution in [0.2, 0.25) is 0 Å². The van der Waals surface area contributed by atoms with Crippen LogP contribution in [0.1, 0.15) is 18.1 Å². The van der Waals surface area contributed by atoms with Crippen molar-refractivity contribution in [3.05, 3.63) is 61.5 Å². The van der Waals surface area contributed by atoms with Crippen LogP contribution in [0.3, 0.4) is 0 Å². The number of aromatic nitrogens is 2. The van der Waals surface area contributed by atoms with Gasteiger partial charge in [-0.3, -0.25) is 19.5 Å². The number of hydrogen-bond donors (Lipinski definition) is 0. The van der Waals surface area contributed by atoms with E-state index in [1.807, 2.05) is 12.3 Å². The predicted molar refractivity (Wildman–Crippen MR) is 92.0 cm³/mol. The van der Waals surface area contributed by atoms with Crippen molar-refractivity contribution in [3.8, 4) is 5.75 Å². The monoisotopic (exact) mass is 345 g/mol. The maximum absolute atomic E-state index is 12.5. The van der Waals surface area contributed by atoms with Gasteiger partial charge in [-0.15, -0.1) is 11.3 Å². The first-order valence-corrected chi connectivity index (χ1v) is 8.22. The minimum atomic E-state index is -0.483. The molecular formula is C16H15N3O4S. The van der Waals surface area contributed by atoms with Gasteiger partial charge >= 0.3 is 5.69 Å². The third-order valence-corrected chi connectivity index (χ3v) is 4.67. The van der Waals surface area contributed by atoms with Crippen LogP contribution in [0.5, 0.6) is 5.75 Å². The molecule has 0 fully saturated rings. The van der Waals surface area contributed by atoms with Crippen LogP contribution in [-0.2, 0) is 6.54 Å². The molecule has 3 aromatic rings. The summed E-state index contributed by atoms with van der Waals surface area (Å²) in [4.78, 5) is 27.4. The SMILES string of the molecule is CCOc1cc(Cn2cnc3c(C)csc3c2=O)ccc1[N+](=O)[O-]. The molecule has 0 radical (unpaired) electrons. The highest BCUT2D eigenvalue weighted by Gasteiger charge is 2.16. The van der Waals surface area contributed by atoms with Gasteiger partial charge in [-0.05, 0) is 36.4 Å². The lowest BCUT2D eigenvalue weighted by molar-refractivity contribution is -0.385. The Labute approximate surface area is 141 Å². The second kappa shape index (κ2) is 6.40. The smallest absolute Gasteiger partial charge is 0.310 e. The quantitative estimate of drug-likeness (QED) is 0.524. The lowest BCUT2D eigenvalue weighted by Gasteiger charge is -2.09. The average Bonchev–Trinajstić information content (AvgIpc) is 2.92. The molecule has 24 heavy (non-hydrogen) atoms. The van der Waals surface area contributed by atoms with Gasteiger partial charge in [-0.1, -0.05) is 6.07 Å². The number of nitrogens with zero attached hydrogens (tertiary/aromatic N) is 3. The van der Waals surface area contributed by atoms with Crippen LogP contribution in [0.15, 0.2) is 34.7 Å². The number of hydrogen-bond acceptors (Lipinski definition) is 6. The lowest BCUT2D eigenvalue weighted by Crippen LogP contribution is -2.20. The Balaban J connectivity index is 1.99. The van der Waals surface area contributed by atoms with E-state index in [0.717, 1.165) is 16.6 Å². The molecular weight excluding hydrogens is 330 g/mol. The molecule has 2 heterocycles. The summed E-state index contributed by atoms with van der Waals surface area (Å²) in [6, 6.07) is 4.61. The molecule has 2 aromatic heterocycles. The van der Waals surface area contributed by atoms with Crippen LogP contribution in [0.4, 0.5) is 5.69 Å². The molecule has 0 N–H and O–H groups in total. The molecule has 0 atom stereocenters. The average molecular weight is 345 g/mol. The topological polar surface area (TPSA) is 87.3 Å². The van der Waals surface area contributed by atoms with Crippen molar-refractivity contribution in [2.75, 3.05) is 6.61 Å². The van der Waals surface area contributed by atoms with Crippen LogP contribution in [0, 0.1) is 17.0 Å². The summed E-state index contributed by atoms with van der Waals surface area (Å²) in [6.07, 6.45) is 1.51. The minimum Gasteiger partial charge on any atom is -0.487 e. The van der Waals surface area contributed by atoms with Crippen molar-refractivity contribution in [3.63, 3.8) is 0 Å². The molecule has 1 aromatic carbocycles. The summed E-state index contributed by atoms with van der Waals surface area (Å²) in [7, 11) is 0. The van der Waals surface area contributed by atoms with Crippen LogP contribution in [-0.4, -0.2) is 21.1 Å². The van der Waals surface area contributed by atoms with Crippen molar-refractivity contribution in [1.82, 2.24) is 9.55 Å². The second-order valence-electron chi connectivity index (χ2n) is 5.27. The minimum absolute atomic E-state index is 0.0876. The van der Waals surface area contributed by atoms with E-state index in [2.05, 4.69) is 4.98 Å². The Morgan fingerprint density at radius 1 is 1.42 bits per heavy atom. The highest BCUT2D eigenvalue weighted by Crippen LogP contribution is 2.28. The standard InChI is InChI=1S/C16H15N3O4S/c1-3-23-13-6-11(4-5-12(13)19(21)22)7-18-9-17-14-10(2)8-24-15(14)16(18)20/h4-6,8-9H,3,7H2,1-2H3. The molecule has 0 saturated heterocycles. The van der Waals surface area contributed by atoms with Crippen LogP contribution in [0.25, 0.3) is 10.2 Å². The number of aryl methyl sites for hydroxylation is 1. The first-order chi connectivity index (χ1) is 11.5. The maximum Gasteiger partial charge on any atom is 0.310 e. The van der Waals surface area contributed by atoms with Gasteiger partial charge in [-0.25, -0.2) is 4.98 Å². The van der Waals surface area contributed by atoms with E-state index >= 15 is 0 Å². The first kappa shape index (κ1) is 16.1. The fourth-order valence-electron chi connectivity index (χ4n) is 2.45. The lowest BCUT2D eigenvalue weighted by atomic mass is 10.2. The summed E-state index contributed by atoms with van der Waals surface area (Å²) in [6.45, 7) is 4.28. The van der Waals surface area contributed by atoms with E-state index in [1.165, 1.54) is 28.3 Å². The number of nitro benzene ring substituents is 1. The Morgan fingerprint density at radius 3 is 2.92 bits per heavy atom. The van der Waals surface area contributed by atoms with Crippen molar-refractivity contribution in [2.24, 2.45) is 0 Å². The summed E-state index contributed by atoms with van der Waals surface area (Å²) in [5, 5.41) is 12.9. The van der Waals surface area contributed by atoms with E-state index in [1.54, 1.807) is 19.1 Å². The molecule has 0 aliphatic carbocycles. The Bertz CT molecular complexity index is 977. The molecule has 0 bridgehead atoms. The zero-order valence-electron chi connectivity index (χ0n) is 13.2.